The highest BCUT2D eigenvalue weighted by molar-refractivity contribution is 5.91. The minimum absolute atomic E-state index is 0.0755. The number of hydrogen-bond acceptors (Lipinski definition) is 4. The standard InChI is InChI=1S/C10H12FN3O2/c11-9-3-1-2-8(12-9)10(15)13-14-4-6-16-7-5-14/h1-3H,4-7H2,(H,13,15). The van der Waals surface area contributed by atoms with Crippen LogP contribution >= 0.6 is 0 Å². The van der Waals surface area contributed by atoms with E-state index in [2.05, 4.69) is 10.4 Å². The van der Waals surface area contributed by atoms with Crippen LogP contribution in [0.25, 0.3) is 0 Å². The molecule has 5 nitrogen and oxygen atoms in total. The van der Waals surface area contributed by atoms with Crippen LogP contribution < -0.4 is 5.43 Å². The average molecular weight is 225 g/mol. The second-order valence-corrected chi connectivity index (χ2v) is 3.39. The van der Waals surface area contributed by atoms with E-state index >= 15 is 0 Å². The Balaban J connectivity index is 1.97. The van der Waals surface area contributed by atoms with E-state index < -0.39 is 11.9 Å². The number of hydrazine groups is 1. The van der Waals surface area contributed by atoms with Gasteiger partial charge in [-0.1, -0.05) is 6.07 Å². The first-order valence-corrected chi connectivity index (χ1v) is 5.02. The molecule has 0 atom stereocenters. The van der Waals surface area contributed by atoms with Gasteiger partial charge in [0.05, 0.1) is 13.2 Å². The van der Waals surface area contributed by atoms with Gasteiger partial charge in [-0.15, -0.1) is 0 Å². The number of nitrogens with one attached hydrogen (secondary N) is 1. The molecule has 1 fully saturated rings. The van der Waals surface area contributed by atoms with E-state index in [1.165, 1.54) is 18.2 Å². The number of aromatic nitrogens is 1. The molecule has 0 unspecified atom stereocenters. The maximum atomic E-state index is 12.8. The Kier molecular flexibility index (Phi) is 3.43. The zero-order chi connectivity index (χ0) is 11.4. The lowest BCUT2D eigenvalue weighted by molar-refractivity contribution is 0.0124. The van der Waals surface area contributed by atoms with Crippen LogP contribution in [0.4, 0.5) is 4.39 Å². The van der Waals surface area contributed by atoms with E-state index in [4.69, 9.17) is 4.74 Å². The van der Waals surface area contributed by atoms with Crippen molar-refractivity contribution in [1.82, 2.24) is 15.4 Å². The molecule has 0 aromatic carbocycles. The maximum Gasteiger partial charge on any atom is 0.284 e. The lowest BCUT2D eigenvalue weighted by Gasteiger charge is -2.26. The molecule has 0 spiro atoms. The van der Waals surface area contributed by atoms with Gasteiger partial charge in [0.2, 0.25) is 5.95 Å². The number of carbonyl (C=O) groups excluding carboxylic acids is 1. The number of nitrogens with zero attached hydrogens (tertiary/aromatic N) is 2. The van der Waals surface area contributed by atoms with E-state index in [1.54, 1.807) is 5.01 Å². The van der Waals surface area contributed by atoms with Crippen LogP contribution in [0.3, 0.4) is 0 Å². The zero-order valence-corrected chi connectivity index (χ0v) is 8.65. The summed E-state index contributed by atoms with van der Waals surface area (Å²) < 4.78 is 17.9. The first-order chi connectivity index (χ1) is 7.75. The number of ether oxygens (including phenoxy) is 1. The Morgan fingerprint density at radius 2 is 2.19 bits per heavy atom. The molecular weight excluding hydrogens is 213 g/mol. The molecule has 1 aliphatic heterocycles. The molecule has 1 aromatic rings. The van der Waals surface area contributed by atoms with Crippen LogP contribution in [0.2, 0.25) is 0 Å². The van der Waals surface area contributed by atoms with E-state index in [-0.39, 0.29) is 5.69 Å². The lowest BCUT2D eigenvalue weighted by atomic mass is 10.3. The summed E-state index contributed by atoms with van der Waals surface area (Å²) in [7, 11) is 0. The van der Waals surface area contributed by atoms with Crippen LogP contribution in [0.5, 0.6) is 0 Å². The molecule has 1 aromatic heterocycles. The van der Waals surface area contributed by atoms with Gasteiger partial charge in [-0.2, -0.15) is 4.39 Å². The first-order valence-electron chi connectivity index (χ1n) is 5.02. The van der Waals surface area contributed by atoms with Gasteiger partial charge >= 0.3 is 0 Å². The second kappa shape index (κ2) is 5.00. The predicted molar refractivity (Wildman–Crippen MR) is 54.1 cm³/mol. The van der Waals surface area contributed by atoms with Crippen LogP contribution in [0, 0.1) is 5.95 Å². The molecule has 0 aliphatic carbocycles. The third-order valence-electron chi connectivity index (χ3n) is 2.22. The Hall–Kier alpha value is -1.53. The fraction of sp³-hybridized carbons (Fsp3) is 0.400. The average Bonchev–Trinajstić information content (AvgIpc) is 2.30. The Morgan fingerprint density at radius 3 is 2.88 bits per heavy atom. The Morgan fingerprint density at radius 1 is 1.44 bits per heavy atom. The first kappa shape index (κ1) is 11.0. The van der Waals surface area contributed by atoms with Gasteiger partial charge in [-0.05, 0) is 12.1 Å². The molecule has 1 saturated heterocycles. The lowest BCUT2D eigenvalue weighted by Crippen LogP contribution is -2.48. The van der Waals surface area contributed by atoms with Crippen molar-refractivity contribution < 1.29 is 13.9 Å². The highest BCUT2D eigenvalue weighted by Gasteiger charge is 2.15. The predicted octanol–water partition coefficient (Wildman–Crippen LogP) is 0.198. The van der Waals surface area contributed by atoms with Gasteiger partial charge in [0.15, 0.2) is 0 Å². The van der Waals surface area contributed by atoms with E-state index in [1.807, 2.05) is 0 Å². The van der Waals surface area contributed by atoms with Gasteiger partial charge < -0.3 is 4.74 Å². The van der Waals surface area contributed by atoms with Crippen molar-refractivity contribution >= 4 is 5.91 Å². The number of rotatable bonds is 2. The molecule has 1 aliphatic rings. The van der Waals surface area contributed by atoms with Gasteiger partial charge in [-0.25, -0.2) is 9.99 Å². The summed E-state index contributed by atoms with van der Waals surface area (Å²) in [5, 5.41) is 1.73. The number of amides is 1. The molecule has 2 heterocycles. The fourth-order valence-corrected chi connectivity index (χ4v) is 1.41. The zero-order valence-electron chi connectivity index (χ0n) is 8.65. The summed E-state index contributed by atoms with van der Waals surface area (Å²) >= 11 is 0. The summed E-state index contributed by atoms with van der Waals surface area (Å²) in [5.41, 5.74) is 2.72. The summed E-state index contributed by atoms with van der Waals surface area (Å²) in [4.78, 5) is 15.1. The molecule has 0 saturated carbocycles. The SMILES string of the molecule is O=C(NN1CCOCC1)c1cccc(F)n1. The van der Waals surface area contributed by atoms with Crippen molar-refractivity contribution in [2.75, 3.05) is 26.3 Å². The van der Waals surface area contributed by atoms with Crippen LogP contribution in [-0.4, -0.2) is 42.2 Å². The van der Waals surface area contributed by atoms with Crippen molar-refractivity contribution in [2.45, 2.75) is 0 Å². The van der Waals surface area contributed by atoms with Crippen molar-refractivity contribution in [3.8, 4) is 0 Å². The number of hydrogen-bond donors (Lipinski definition) is 1. The quantitative estimate of drug-likeness (QED) is 0.730. The van der Waals surface area contributed by atoms with Crippen molar-refractivity contribution in [3.63, 3.8) is 0 Å². The highest BCUT2D eigenvalue weighted by atomic mass is 19.1. The van der Waals surface area contributed by atoms with Crippen molar-refractivity contribution in [1.29, 1.82) is 0 Å². The third kappa shape index (κ3) is 2.74. The van der Waals surface area contributed by atoms with E-state index in [0.29, 0.717) is 26.3 Å². The van der Waals surface area contributed by atoms with Crippen molar-refractivity contribution in [2.24, 2.45) is 0 Å². The molecule has 0 bridgehead atoms. The van der Waals surface area contributed by atoms with Crippen molar-refractivity contribution in [3.05, 3.63) is 29.8 Å². The van der Waals surface area contributed by atoms with Crippen LogP contribution in [0.1, 0.15) is 10.5 Å². The van der Waals surface area contributed by atoms with Gasteiger partial charge in [-0.3, -0.25) is 10.2 Å². The van der Waals surface area contributed by atoms with Gasteiger partial charge in [0, 0.05) is 13.1 Å². The largest absolute Gasteiger partial charge is 0.379 e. The summed E-state index contributed by atoms with van der Waals surface area (Å²) in [6.07, 6.45) is 0. The summed E-state index contributed by atoms with van der Waals surface area (Å²) in [6, 6.07) is 4.13. The number of pyridine rings is 1. The van der Waals surface area contributed by atoms with Gasteiger partial charge in [0.1, 0.15) is 5.69 Å². The highest BCUT2D eigenvalue weighted by Crippen LogP contribution is 1.99. The number of halogens is 1. The second-order valence-electron chi connectivity index (χ2n) is 3.39. The molecule has 16 heavy (non-hydrogen) atoms. The molecule has 1 amide bonds. The number of carbonyl (C=O) groups is 1. The van der Waals surface area contributed by atoms with E-state index in [0.717, 1.165) is 0 Å². The molecule has 1 N–H and O–H groups in total. The monoisotopic (exact) mass is 225 g/mol. The smallest absolute Gasteiger partial charge is 0.284 e. The Bertz CT molecular complexity index is 380. The minimum atomic E-state index is -0.658. The third-order valence-corrected chi connectivity index (χ3v) is 2.22. The van der Waals surface area contributed by atoms with Gasteiger partial charge in [0.25, 0.3) is 5.91 Å². The summed E-state index contributed by atoms with van der Waals surface area (Å²) in [5.74, 6) is -1.06. The minimum Gasteiger partial charge on any atom is -0.379 e. The maximum absolute atomic E-state index is 12.8. The Labute approximate surface area is 92.2 Å². The number of morpholine rings is 1. The molecule has 86 valence electrons. The van der Waals surface area contributed by atoms with Crippen LogP contribution in [0.15, 0.2) is 18.2 Å². The molecular formula is C10H12FN3O2. The summed E-state index contributed by atoms with van der Waals surface area (Å²) in [6.45, 7) is 2.41. The van der Waals surface area contributed by atoms with Crippen LogP contribution in [-0.2, 0) is 4.74 Å². The normalized spacial score (nSPS) is 17.1. The molecule has 2 rings (SSSR count). The molecule has 6 heteroatoms. The fourth-order valence-electron chi connectivity index (χ4n) is 1.41. The van der Waals surface area contributed by atoms with E-state index in [9.17, 15) is 9.18 Å². The topological polar surface area (TPSA) is 54.5 Å². The molecule has 0 radical (unpaired) electrons.